The first-order chi connectivity index (χ1) is 15.4. The molecule has 1 saturated heterocycles. The van der Waals surface area contributed by atoms with Gasteiger partial charge in [0.2, 0.25) is 11.8 Å². The second-order valence-electron chi connectivity index (χ2n) is 8.35. The van der Waals surface area contributed by atoms with Gasteiger partial charge in [0, 0.05) is 18.7 Å². The third-order valence-corrected chi connectivity index (χ3v) is 6.18. The molecular formula is C27H28N2O3. The van der Waals surface area contributed by atoms with Crippen molar-refractivity contribution in [1.82, 2.24) is 4.90 Å². The number of carbonyl (C=O) groups is 2. The van der Waals surface area contributed by atoms with Gasteiger partial charge in [-0.15, -0.1) is 0 Å². The fourth-order valence-corrected chi connectivity index (χ4v) is 4.01. The van der Waals surface area contributed by atoms with E-state index in [1.165, 1.54) is 5.56 Å². The van der Waals surface area contributed by atoms with Crippen molar-refractivity contribution in [3.05, 3.63) is 89.5 Å². The summed E-state index contributed by atoms with van der Waals surface area (Å²) in [6.45, 7) is 6.51. The summed E-state index contributed by atoms with van der Waals surface area (Å²) in [6.07, 6.45) is 0.233. The molecule has 164 valence electrons. The van der Waals surface area contributed by atoms with E-state index in [2.05, 4.69) is 18.3 Å². The molecule has 3 aromatic rings. The van der Waals surface area contributed by atoms with Crippen LogP contribution in [0.5, 0.6) is 11.5 Å². The molecule has 3 aromatic carbocycles. The highest BCUT2D eigenvalue weighted by Gasteiger charge is 2.37. The van der Waals surface area contributed by atoms with Crippen LogP contribution in [0, 0.1) is 19.8 Å². The van der Waals surface area contributed by atoms with Crippen molar-refractivity contribution in [1.29, 1.82) is 0 Å². The van der Waals surface area contributed by atoms with E-state index >= 15 is 0 Å². The van der Waals surface area contributed by atoms with Crippen molar-refractivity contribution in [3.63, 3.8) is 0 Å². The lowest BCUT2D eigenvalue weighted by Gasteiger charge is -2.25. The van der Waals surface area contributed by atoms with Gasteiger partial charge in [-0.1, -0.05) is 42.5 Å². The lowest BCUT2D eigenvalue weighted by molar-refractivity contribution is -0.129. The normalized spacial score (nSPS) is 16.7. The molecule has 0 spiro atoms. The van der Waals surface area contributed by atoms with Gasteiger partial charge >= 0.3 is 0 Å². The fraction of sp³-hybridized carbons (Fsp3) is 0.259. The average molecular weight is 429 g/mol. The maximum Gasteiger partial charge on any atom is 0.229 e. The Balaban J connectivity index is 1.37. The molecule has 1 aliphatic rings. The van der Waals surface area contributed by atoms with E-state index < -0.39 is 0 Å². The molecule has 1 heterocycles. The first-order valence-corrected chi connectivity index (χ1v) is 10.9. The van der Waals surface area contributed by atoms with Crippen LogP contribution in [0.4, 0.5) is 5.69 Å². The summed E-state index contributed by atoms with van der Waals surface area (Å²) in [5, 5.41) is 2.94. The molecule has 5 heteroatoms. The smallest absolute Gasteiger partial charge is 0.229 e. The largest absolute Gasteiger partial charge is 0.457 e. The zero-order valence-corrected chi connectivity index (χ0v) is 18.7. The lowest BCUT2D eigenvalue weighted by Crippen LogP contribution is -2.30. The Bertz CT molecular complexity index is 1110. The average Bonchev–Trinajstić information content (AvgIpc) is 3.20. The summed E-state index contributed by atoms with van der Waals surface area (Å²) in [5.41, 5.74) is 4.03. The number of hydrogen-bond acceptors (Lipinski definition) is 3. The van der Waals surface area contributed by atoms with E-state index in [1.54, 1.807) is 4.90 Å². The summed E-state index contributed by atoms with van der Waals surface area (Å²) in [6, 6.07) is 23.1. The summed E-state index contributed by atoms with van der Waals surface area (Å²) in [7, 11) is 0. The second kappa shape index (κ2) is 9.27. The molecule has 1 fully saturated rings. The minimum atomic E-state index is -0.362. The van der Waals surface area contributed by atoms with E-state index in [0.717, 1.165) is 16.9 Å². The van der Waals surface area contributed by atoms with Crippen LogP contribution in [-0.2, 0) is 9.59 Å². The monoisotopic (exact) mass is 428 g/mol. The Morgan fingerprint density at radius 2 is 1.72 bits per heavy atom. The number of anilines is 1. The molecular weight excluding hydrogens is 400 g/mol. The van der Waals surface area contributed by atoms with Gasteiger partial charge in [-0.3, -0.25) is 9.59 Å². The van der Waals surface area contributed by atoms with Gasteiger partial charge in [0.05, 0.1) is 12.0 Å². The summed E-state index contributed by atoms with van der Waals surface area (Å²) >= 11 is 0. The minimum absolute atomic E-state index is 0.0128. The molecule has 1 aliphatic heterocycles. The first kappa shape index (κ1) is 21.6. The molecule has 4 rings (SSSR count). The molecule has 0 aliphatic carbocycles. The number of amides is 2. The zero-order valence-electron chi connectivity index (χ0n) is 18.7. The number of aryl methyl sites for hydroxylation is 1. The number of likely N-dealkylation sites (tertiary alicyclic amines) is 1. The van der Waals surface area contributed by atoms with Crippen molar-refractivity contribution in [2.75, 3.05) is 11.9 Å². The van der Waals surface area contributed by atoms with Gasteiger partial charge in [0.1, 0.15) is 11.5 Å². The molecule has 2 amide bonds. The van der Waals surface area contributed by atoms with Crippen LogP contribution in [0.3, 0.4) is 0 Å². The molecule has 0 radical (unpaired) electrons. The maximum absolute atomic E-state index is 12.8. The van der Waals surface area contributed by atoms with Crippen LogP contribution >= 0.6 is 0 Å². The fourth-order valence-electron chi connectivity index (χ4n) is 4.01. The van der Waals surface area contributed by atoms with Gasteiger partial charge in [-0.2, -0.15) is 0 Å². The quantitative estimate of drug-likeness (QED) is 0.552. The van der Waals surface area contributed by atoms with Crippen molar-refractivity contribution < 1.29 is 14.3 Å². The molecule has 0 bridgehead atoms. The van der Waals surface area contributed by atoms with E-state index in [0.29, 0.717) is 18.0 Å². The van der Waals surface area contributed by atoms with Crippen LogP contribution in [-0.4, -0.2) is 23.3 Å². The van der Waals surface area contributed by atoms with Crippen LogP contribution in [0.1, 0.15) is 36.1 Å². The van der Waals surface area contributed by atoms with Crippen LogP contribution < -0.4 is 10.1 Å². The highest BCUT2D eigenvalue weighted by Crippen LogP contribution is 2.30. The van der Waals surface area contributed by atoms with Gasteiger partial charge in [0.15, 0.2) is 0 Å². The molecule has 2 atom stereocenters. The number of ether oxygens (including phenoxy) is 1. The van der Waals surface area contributed by atoms with Crippen LogP contribution in [0.15, 0.2) is 72.8 Å². The topological polar surface area (TPSA) is 58.6 Å². The van der Waals surface area contributed by atoms with E-state index in [9.17, 15) is 9.59 Å². The third kappa shape index (κ3) is 4.67. The summed E-state index contributed by atoms with van der Waals surface area (Å²) in [5.74, 6) is 1.04. The molecule has 32 heavy (non-hydrogen) atoms. The Morgan fingerprint density at radius 1 is 1.00 bits per heavy atom. The number of carbonyl (C=O) groups excluding carboxylic acids is 2. The van der Waals surface area contributed by atoms with Crippen LogP contribution in [0.25, 0.3) is 0 Å². The molecule has 5 nitrogen and oxygen atoms in total. The standard InChI is InChI=1S/C27H28N2O3/c1-18-8-7-11-25(19(18)2)32-24-14-12-23(13-15-24)28-27(31)22-16-26(30)29(17-22)20(3)21-9-5-4-6-10-21/h4-15,20,22H,16-17H2,1-3H3,(H,28,31)/t20-,22+/m1/s1. The predicted octanol–water partition coefficient (Wildman–Crippen LogP) is 5.64. The SMILES string of the molecule is Cc1cccc(Oc2ccc(NC(=O)[C@H]3CC(=O)N([C@H](C)c4ccccc4)C3)cc2)c1C. The van der Waals surface area contributed by atoms with Crippen molar-refractivity contribution in [2.24, 2.45) is 5.92 Å². The number of nitrogens with one attached hydrogen (secondary N) is 1. The Hall–Kier alpha value is -3.60. The van der Waals surface area contributed by atoms with Crippen molar-refractivity contribution in [2.45, 2.75) is 33.2 Å². The van der Waals surface area contributed by atoms with E-state index in [4.69, 9.17) is 4.74 Å². The molecule has 1 N–H and O–H groups in total. The Labute approximate surface area is 189 Å². The summed E-state index contributed by atoms with van der Waals surface area (Å²) in [4.78, 5) is 27.1. The number of hydrogen-bond donors (Lipinski definition) is 1. The first-order valence-electron chi connectivity index (χ1n) is 10.9. The highest BCUT2D eigenvalue weighted by molar-refractivity contribution is 5.97. The maximum atomic E-state index is 12.8. The molecule has 0 aromatic heterocycles. The van der Waals surface area contributed by atoms with E-state index in [-0.39, 0.29) is 30.2 Å². The zero-order chi connectivity index (χ0) is 22.7. The molecule has 0 saturated carbocycles. The molecule has 0 unspecified atom stereocenters. The van der Waals surface area contributed by atoms with Crippen LogP contribution in [0.2, 0.25) is 0 Å². The van der Waals surface area contributed by atoms with Crippen molar-refractivity contribution in [3.8, 4) is 11.5 Å². The third-order valence-electron chi connectivity index (χ3n) is 6.18. The van der Waals surface area contributed by atoms with Gasteiger partial charge in [-0.25, -0.2) is 0 Å². The van der Waals surface area contributed by atoms with Crippen molar-refractivity contribution >= 4 is 17.5 Å². The Morgan fingerprint density at radius 3 is 2.44 bits per heavy atom. The summed E-state index contributed by atoms with van der Waals surface area (Å²) < 4.78 is 5.98. The van der Waals surface area contributed by atoms with Gasteiger partial charge < -0.3 is 15.0 Å². The lowest BCUT2D eigenvalue weighted by atomic mass is 10.1. The minimum Gasteiger partial charge on any atom is -0.457 e. The number of nitrogens with zero attached hydrogens (tertiary/aromatic N) is 1. The second-order valence-corrected chi connectivity index (χ2v) is 8.35. The highest BCUT2D eigenvalue weighted by atomic mass is 16.5. The number of benzene rings is 3. The van der Waals surface area contributed by atoms with Gasteiger partial charge in [0.25, 0.3) is 0 Å². The predicted molar refractivity (Wildman–Crippen MR) is 126 cm³/mol. The Kier molecular flexibility index (Phi) is 6.26. The van der Waals surface area contributed by atoms with E-state index in [1.807, 2.05) is 80.6 Å². The van der Waals surface area contributed by atoms with Gasteiger partial charge in [-0.05, 0) is 67.8 Å². The number of rotatable bonds is 6.